The second-order valence-electron chi connectivity index (χ2n) is 4.16. The molecule has 0 atom stereocenters. The minimum absolute atomic E-state index is 0.187. The monoisotopic (exact) mass is 269 g/mol. The van der Waals surface area contributed by atoms with Gasteiger partial charge < -0.3 is 10.6 Å². The molecule has 2 N–H and O–H groups in total. The summed E-state index contributed by atoms with van der Waals surface area (Å²) >= 11 is 1.90. The summed E-state index contributed by atoms with van der Waals surface area (Å²) in [5, 5.41) is 5.74. The van der Waals surface area contributed by atoms with E-state index in [-0.39, 0.29) is 17.5 Å². The molecule has 0 unspecified atom stereocenters. The molecular weight excluding hydrogens is 253 g/mol. The number of carbonyl (C=O) groups is 1. The molecule has 1 saturated heterocycles. The maximum absolute atomic E-state index is 13.1. The number of hydrogen-bond acceptors (Lipinski definition) is 4. The third-order valence-corrected chi connectivity index (χ3v) is 3.94. The van der Waals surface area contributed by atoms with E-state index in [2.05, 4.69) is 15.6 Å². The Morgan fingerprint density at radius 1 is 1.50 bits per heavy atom. The van der Waals surface area contributed by atoms with Gasteiger partial charge in [-0.25, -0.2) is 9.37 Å². The fourth-order valence-electron chi connectivity index (χ4n) is 1.92. The van der Waals surface area contributed by atoms with Crippen LogP contribution in [0.4, 0.5) is 10.2 Å². The number of hydrogen-bond donors (Lipinski definition) is 2. The molecule has 18 heavy (non-hydrogen) atoms. The highest BCUT2D eigenvalue weighted by atomic mass is 32.2. The zero-order valence-electron chi connectivity index (χ0n) is 10.2. The van der Waals surface area contributed by atoms with Crippen LogP contribution < -0.4 is 10.6 Å². The molecular formula is C12H16FN3OS. The van der Waals surface area contributed by atoms with Crippen LogP contribution in [-0.2, 0) is 0 Å². The lowest BCUT2D eigenvalue weighted by Gasteiger charge is -2.22. The molecule has 0 saturated carbocycles. The molecule has 6 heteroatoms. The summed E-state index contributed by atoms with van der Waals surface area (Å²) in [6.07, 6.45) is 3.03. The molecule has 0 aromatic carbocycles. The normalized spacial score (nSPS) is 16.3. The van der Waals surface area contributed by atoms with Crippen LogP contribution in [-0.4, -0.2) is 35.5 Å². The second-order valence-corrected chi connectivity index (χ2v) is 5.38. The van der Waals surface area contributed by atoms with Gasteiger partial charge in [0.05, 0.1) is 11.8 Å². The van der Waals surface area contributed by atoms with Gasteiger partial charge in [-0.15, -0.1) is 0 Å². The average molecular weight is 269 g/mol. The van der Waals surface area contributed by atoms with Gasteiger partial charge >= 0.3 is 0 Å². The smallest absolute Gasteiger partial charge is 0.255 e. The fraction of sp³-hybridized carbons (Fsp3) is 0.500. The summed E-state index contributed by atoms with van der Waals surface area (Å²) in [6.45, 7) is 0. The predicted octanol–water partition coefficient (Wildman–Crippen LogP) is 1.89. The number of rotatable bonds is 3. The Kier molecular flexibility index (Phi) is 4.41. The van der Waals surface area contributed by atoms with Crippen molar-refractivity contribution in [3.63, 3.8) is 0 Å². The van der Waals surface area contributed by atoms with E-state index in [0.717, 1.165) is 30.5 Å². The topological polar surface area (TPSA) is 54.0 Å². The highest BCUT2D eigenvalue weighted by molar-refractivity contribution is 7.99. The number of aromatic nitrogens is 1. The van der Waals surface area contributed by atoms with Crippen molar-refractivity contribution in [3.05, 3.63) is 23.6 Å². The Hall–Kier alpha value is -1.30. The molecule has 0 radical (unpaired) electrons. The van der Waals surface area contributed by atoms with E-state index in [1.54, 1.807) is 7.05 Å². The van der Waals surface area contributed by atoms with Gasteiger partial charge in [-0.1, -0.05) is 0 Å². The van der Waals surface area contributed by atoms with Crippen molar-refractivity contribution in [1.29, 1.82) is 0 Å². The zero-order valence-corrected chi connectivity index (χ0v) is 11.0. The Bertz CT molecular complexity index is 435. The second kappa shape index (κ2) is 6.04. The largest absolute Gasteiger partial charge is 0.372 e. The number of nitrogens with zero attached hydrogens (tertiary/aromatic N) is 1. The van der Waals surface area contributed by atoms with E-state index in [0.29, 0.717) is 5.82 Å². The van der Waals surface area contributed by atoms with Crippen molar-refractivity contribution < 1.29 is 9.18 Å². The average Bonchev–Trinajstić information content (AvgIpc) is 2.40. The molecule has 1 aromatic rings. The van der Waals surface area contributed by atoms with Crippen molar-refractivity contribution in [2.24, 2.45) is 0 Å². The van der Waals surface area contributed by atoms with E-state index >= 15 is 0 Å². The van der Waals surface area contributed by atoms with E-state index in [9.17, 15) is 9.18 Å². The minimum atomic E-state index is -0.502. The molecule has 1 aliphatic rings. The maximum atomic E-state index is 13.1. The quantitative estimate of drug-likeness (QED) is 0.880. The van der Waals surface area contributed by atoms with E-state index in [1.807, 2.05) is 11.8 Å². The third-order valence-electron chi connectivity index (χ3n) is 2.89. The first-order valence-electron chi connectivity index (χ1n) is 5.92. The van der Waals surface area contributed by atoms with E-state index in [1.165, 1.54) is 6.07 Å². The number of thioether (sulfide) groups is 1. The standard InChI is InChI=1S/C12H16FN3OS/c1-14-11-10(6-8(13)7-15-11)12(17)16-9-2-4-18-5-3-9/h6-7,9H,2-5H2,1H3,(H,14,15)(H,16,17). The first kappa shape index (κ1) is 13.1. The lowest BCUT2D eigenvalue weighted by Crippen LogP contribution is -2.37. The van der Waals surface area contributed by atoms with Gasteiger partial charge in [-0.2, -0.15) is 11.8 Å². The van der Waals surface area contributed by atoms with Crippen LogP contribution in [0.5, 0.6) is 0 Å². The lowest BCUT2D eigenvalue weighted by molar-refractivity contribution is 0.0935. The summed E-state index contributed by atoms with van der Waals surface area (Å²) in [6, 6.07) is 1.40. The van der Waals surface area contributed by atoms with Gasteiger partial charge in [0.15, 0.2) is 0 Å². The van der Waals surface area contributed by atoms with E-state index in [4.69, 9.17) is 0 Å². The summed E-state index contributed by atoms with van der Waals surface area (Å²) in [5.74, 6) is 1.76. The number of nitrogens with one attached hydrogen (secondary N) is 2. The minimum Gasteiger partial charge on any atom is -0.372 e. The predicted molar refractivity (Wildman–Crippen MR) is 71.6 cm³/mol. The number of carbonyl (C=O) groups excluding carboxylic acids is 1. The Balaban J connectivity index is 2.09. The summed E-state index contributed by atoms with van der Waals surface area (Å²) in [7, 11) is 1.66. The lowest BCUT2D eigenvalue weighted by atomic mass is 10.1. The Morgan fingerprint density at radius 3 is 2.89 bits per heavy atom. The zero-order chi connectivity index (χ0) is 13.0. The van der Waals surface area contributed by atoms with Crippen LogP contribution in [0.1, 0.15) is 23.2 Å². The first-order valence-corrected chi connectivity index (χ1v) is 7.08. The van der Waals surface area contributed by atoms with Crippen molar-refractivity contribution in [1.82, 2.24) is 10.3 Å². The summed E-state index contributed by atoms with van der Waals surface area (Å²) < 4.78 is 13.1. The van der Waals surface area contributed by atoms with Crippen LogP contribution in [0.25, 0.3) is 0 Å². The van der Waals surface area contributed by atoms with Crippen LogP contribution in [0.3, 0.4) is 0 Å². The van der Waals surface area contributed by atoms with Crippen molar-refractivity contribution in [2.45, 2.75) is 18.9 Å². The molecule has 0 bridgehead atoms. The molecule has 2 heterocycles. The maximum Gasteiger partial charge on any atom is 0.255 e. The molecule has 1 aromatic heterocycles. The highest BCUT2D eigenvalue weighted by Gasteiger charge is 2.19. The Morgan fingerprint density at radius 2 is 2.22 bits per heavy atom. The molecule has 0 aliphatic carbocycles. The summed E-state index contributed by atoms with van der Waals surface area (Å²) in [5.41, 5.74) is 0.260. The van der Waals surface area contributed by atoms with Gasteiger partial charge in [0.2, 0.25) is 0 Å². The van der Waals surface area contributed by atoms with E-state index < -0.39 is 5.82 Å². The van der Waals surface area contributed by atoms with Crippen molar-refractivity contribution in [2.75, 3.05) is 23.9 Å². The number of anilines is 1. The molecule has 4 nitrogen and oxygen atoms in total. The highest BCUT2D eigenvalue weighted by Crippen LogP contribution is 2.18. The molecule has 1 fully saturated rings. The molecule has 98 valence electrons. The molecule has 1 amide bonds. The SMILES string of the molecule is CNc1ncc(F)cc1C(=O)NC1CCSCC1. The van der Waals surface area contributed by atoms with Crippen LogP contribution in [0, 0.1) is 5.82 Å². The van der Waals surface area contributed by atoms with Gasteiger partial charge in [-0.3, -0.25) is 4.79 Å². The van der Waals surface area contributed by atoms with Crippen molar-refractivity contribution in [3.8, 4) is 0 Å². The molecule has 0 spiro atoms. The third kappa shape index (κ3) is 3.13. The van der Waals surface area contributed by atoms with Crippen LogP contribution >= 0.6 is 11.8 Å². The van der Waals surface area contributed by atoms with Crippen LogP contribution in [0.15, 0.2) is 12.3 Å². The Labute approximate surface area is 110 Å². The molecule has 1 aliphatic heterocycles. The molecule has 2 rings (SSSR count). The van der Waals surface area contributed by atoms with Gasteiger partial charge in [0, 0.05) is 13.1 Å². The fourth-order valence-corrected chi connectivity index (χ4v) is 3.02. The van der Waals surface area contributed by atoms with Crippen LogP contribution in [0.2, 0.25) is 0 Å². The number of amides is 1. The first-order chi connectivity index (χ1) is 8.70. The van der Waals surface area contributed by atoms with Gasteiger partial charge in [0.1, 0.15) is 11.6 Å². The number of halogens is 1. The van der Waals surface area contributed by atoms with Crippen molar-refractivity contribution >= 4 is 23.5 Å². The number of pyridine rings is 1. The summed E-state index contributed by atoms with van der Waals surface area (Å²) in [4.78, 5) is 15.9. The van der Waals surface area contributed by atoms with Gasteiger partial charge in [-0.05, 0) is 30.4 Å². The van der Waals surface area contributed by atoms with Gasteiger partial charge in [0.25, 0.3) is 5.91 Å².